The number of hydrogen-bond acceptors (Lipinski definition) is 8. The lowest BCUT2D eigenvalue weighted by molar-refractivity contribution is 0.101. The molecule has 1 saturated carbocycles. The van der Waals surface area contributed by atoms with Gasteiger partial charge in [-0.3, -0.25) is 9.69 Å². The molecule has 1 aromatic carbocycles. The van der Waals surface area contributed by atoms with Crippen molar-refractivity contribution >= 4 is 23.2 Å². The summed E-state index contributed by atoms with van der Waals surface area (Å²) in [6, 6.07) is 9.56. The third kappa shape index (κ3) is 14.1. The number of hydrogen-bond donors (Lipinski definition) is 2. The third-order valence-electron chi connectivity index (χ3n) is 8.52. The smallest absolute Gasteiger partial charge is 0.224 e. The molecular formula is C37H62N6O2. The maximum absolute atomic E-state index is 11.7. The van der Waals surface area contributed by atoms with Crippen molar-refractivity contribution in [2.45, 2.75) is 112 Å². The fourth-order valence-electron chi connectivity index (χ4n) is 5.76. The summed E-state index contributed by atoms with van der Waals surface area (Å²) in [5, 5.41) is 6.67. The molecule has 252 valence electrons. The number of likely N-dealkylation sites (tertiary alicyclic amines) is 1. The van der Waals surface area contributed by atoms with Crippen LogP contribution in [0.4, 0.5) is 17.5 Å². The van der Waals surface area contributed by atoms with E-state index >= 15 is 0 Å². The largest absolute Gasteiger partial charge is 0.378 e. The minimum absolute atomic E-state index is 0.00779. The van der Waals surface area contributed by atoms with Gasteiger partial charge in [0.05, 0.1) is 18.8 Å². The molecule has 2 saturated heterocycles. The minimum Gasteiger partial charge on any atom is -0.378 e. The number of piperidine rings is 1. The van der Waals surface area contributed by atoms with Crippen molar-refractivity contribution in [2.24, 2.45) is 11.8 Å². The minimum atomic E-state index is 0.00779. The van der Waals surface area contributed by atoms with Crippen LogP contribution in [0.15, 0.2) is 30.5 Å². The Kier molecular flexibility index (Phi) is 16.7. The highest BCUT2D eigenvalue weighted by Crippen LogP contribution is 2.24. The van der Waals surface area contributed by atoms with Crippen molar-refractivity contribution in [3.8, 4) is 0 Å². The number of nitrogens with zero attached hydrogens (tertiary/aromatic N) is 4. The Balaban J connectivity index is 0.000000220. The van der Waals surface area contributed by atoms with Gasteiger partial charge in [-0.25, -0.2) is 4.98 Å². The first-order chi connectivity index (χ1) is 21.7. The van der Waals surface area contributed by atoms with Crippen LogP contribution < -0.4 is 15.5 Å². The zero-order valence-electron chi connectivity index (χ0n) is 29.2. The lowest BCUT2D eigenvalue weighted by Gasteiger charge is -2.31. The average molecular weight is 623 g/mol. The normalized spacial score (nSPS) is 18.0. The van der Waals surface area contributed by atoms with E-state index in [2.05, 4.69) is 89.3 Å². The second-order valence-corrected chi connectivity index (χ2v) is 13.7. The van der Waals surface area contributed by atoms with Gasteiger partial charge in [-0.1, -0.05) is 72.4 Å². The van der Waals surface area contributed by atoms with Gasteiger partial charge in [0.15, 0.2) is 5.78 Å². The molecule has 0 unspecified atom stereocenters. The van der Waals surface area contributed by atoms with Crippen molar-refractivity contribution in [3.63, 3.8) is 0 Å². The van der Waals surface area contributed by atoms with Gasteiger partial charge in [0, 0.05) is 44.1 Å². The van der Waals surface area contributed by atoms with Gasteiger partial charge in [-0.15, -0.1) is 0 Å². The van der Waals surface area contributed by atoms with Gasteiger partial charge < -0.3 is 20.3 Å². The van der Waals surface area contributed by atoms with E-state index in [9.17, 15) is 4.79 Å². The summed E-state index contributed by atoms with van der Waals surface area (Å²) in [5.74, 6) is 3.04. The zero-order chi connectivity index (χ0) is 32.4. The molecule has 3 aliphatic rings. The molecule has 3 heterocycles. The molecule has 2 aromatic rings. The lowest BCUT2D eigenvalue weighted by atomic mass is 9.95. The topological polar surface area (TPSA) is 82.6 Å². The van der Waals surface area contributed by atoms with Gasteiger partial charge >= 0.3 is 0 Å². The number of unbranched alkanes of at least 4 members (excludes halogenated alkanes) is 1. The SMILES string of the molecule is CC(C)C.CC1CCN(Cc2ccc(N3CCOCC3)cc2)CC1.CCCCNc1ncc(C(C)=O)c(NC2CCCCC2)n1. The molecule has 2 aliphatic heterocycles. The predicted octanol–water partition coefficient (Wildman–Crippen LogP) is 8.05. The summed E-state index contributed by atoms with van der Waals surface area (Å²) < 4.78 is 5.41. The van der Waals surface area contributed by atoms with Crippen molar-refractivity contribution in [1.29, 1.82) is 0 Å². The molecule has 0 radical (unpaired) electrons. The highest BCUT2D eigenvalue weighted by atomic mass is 16.5. The molecule has 5 rings (SSSR count). The first-order valence-corrected chi connectivity index (χ1v) is 17.8. The number of ketones is 1. The maximum atomic E-state index is 11.7. The zero-order valence-corrected chi connectivity index (χ0v) is 29.2. The summed E-state index contributed by atoms with van der Waals surface area (Å²) in [6.07, 6.45) is 12.7. The Morgan fingerprint density at radius 2 is 1.62 bits per heavy atom. The van der Waals surface area contributed by atoms with E-state index in [0.29, 0.717) is 23.4 Å². The van der Waals surface area contributed by atoms with Crippen molar-refractivity contribution in [3.05, 3.63) is 41.6 Å². The molecule has 0 spiro atoms. The van der Waals surface area contributed by atoms with Crippen molar-refractivity contribution in [1.82, 2.24) is 14.9 Å². The van der Waals surface area contributed by atoms with Crippen LogP contribution in [0.2, 0.25) is 0 Å². The van der Waals surface area contributed by atoms with E-state index < -0.39 is 0 Å². The molecule has 3 fully saturated rings. The van der Waals surface area contributed by atoms with Gasteiger partial charge in [-0.2, -0.15) is 4.98 Å². The van der Waals surface area contributed by atoms with Crippen molar-refractivity contribution in [2.75, 3.05) is 61.5 Å². The number of anilines is 3. The molecular weight excluding hydrogens is 560 g/mol. The molecule has 1 aliphatic carbocycles. The second-order valence-electron chi connectivity index (χ2n) is 13.7. The van der Waals surface area contributed by atoms with Gasteiger partial charge in [0.1, 0.15) is 5.82 Å². The predicted molar refractivity (Wildman–Crippen MR) is 190 cm³/mol. The van der Waals surface area contributed by atoms with Crippen LogP contribution in [-0.4, -0.2) is 72.6 Å². The standard InChI is InChI=1S/C17H26N2O.C16H26N4O.C4H10/c1-15-6-8-18(9-7-15)14-16-2-4-17(5-3-16)19-10-12-20-13-11-19;1-3-4-10-17-16-18-11-14(12(2)21)15(20-16)19-13-8-6-5-7-9-13;1-4(2)3/h2-5,15H,6-14H2,1H3;11,13H,3-10H2,1-2H3,(H2,17,18,19,20);4H,1-3H3. The Bertz CT molecular complexity index is 1090. The van der Waals surface area contributed by atoms with Crippen LogP contribution >= 0.6 is 0 Å². The van der Waals surface area contributed by atoms with Gasteiger partial charge in [0.2, 0.25) is 5.95 Å². The quantitative estimate of drug-likeness (QED) is 0.203. The van der Waals surface area contributed by atoms with Crippen molar-refractivity contribution < 1.29 is 9.53 Å². The third-order valence-corrected chi connectivity index (χ3v) is 8.52. The number of ether oxygens (including phenoxy) is 1. The lowest BCUT2D eigenvalue weighted by Crippen LogP contribution is -2.36. The van der Waals surface area contributed by atoms with E-state index in [1.54, 1.807) is 13.1 Å². The Morgan fingerprint density at radius 3 is 2.22 bits per heavy atom. The first kappa shape index (κ1) is 36.8. The monoisotopic (exact) mass is 622 g/mol. The number of benzene rings is 1. The fraction of sp³-hybridized carbons (Fsp3) is 0.703. The summed E-state index contributed by atoms with van der Waals surface area (Å²) >= 11 is 0. The summed E-state index contributed by atoms with van der Waals surface area (Å²) in [6.45, 7) is 20.8. The van der Waals surface area contributed by atoms with E-state index in [0.717, 1.165) is 76.9 Å². The van der Waals surface area contributed by atoms with Gasteiger partial charge in [-0.05, 0) is 81.6 Å². The highest BCUT2D eigenvalue weighted by Gasteiger charge is 2.18. The first-order valence-electron chi connectivity index (χ1n) is 17.8. The fourth-order valence-corrected chi connectivity index (χ4v) is 5.76. The highest BCUT2D eigenvalue weighted by molar-refractivity contribution is 5.98. The number of rotatable bonds is 10. The molecule has 2 N–H and O–H groups in total. The van der Waals surface area contributed by atoms with Crippen LogP contribution in [0.5, 0.6) is 0 Å². The Hall–Kier alpha value is -2.71. The van der Waals surface area contributed by atoms with Gasteiger partial charge in [0.25, 0.3) is 0 Å². The number of carbonyl (C=O) groups excluding carboxylic acids is 1. The number of aromatic nitrogens is 2. The molecule has 8 heteroatoms. The van der Waals surface area contributed by atoms with E-state index in [-0.39, 0.29) is 5.78 Å². The number of carbonyl (C=O) groups is 1. The van der Waals surface area contributed by atoms with E-state index in [1.807, 2.05) is 0 Å². The van der Waals surface area contributed by atoms with E-state index in [1.165, 1.54) is 56.4 Å². The molecule has 0 atom stereocenters. The summed E-state index contributed by atoms with van der Waals surface area (Å²) in [5.41, 5.74) is 3.36. The maximum Gasteiger partial charge on any atom is 0.224 e. The second kappa shape index (κ2) is 20.4. The summed E-state index contributed by atoms with van der Waals surface area (Å²) in [7, 11) is 0. The van der Waals surface area contributed by atoms with E-state index in [4.69, 9.17) is 4.74 Å². The van der Waals surface area contributed by atoms with Crippen LogP contribution in [0, 0.1) is 11.8 Å². The number of Topliss-reactive ketones (excluding diaryl/α,β-unsaturated/α-hetero) is 1. The molecule has 1 aromatic heterocycles. The van der Waals surface area contributed by atoms with Crippen LogP contribution in [0.1, 0.15) is 115 Å². The van der Waals surface area contributed by atoms with Crippen LogP contribution in [-0.2, 0) is 11.3 Å². The molecule has 8 nitrogen and oxygen atoms in total. The molecule has 45 heavy (non-hydrogen) atoms. The summed E-state index contributed by atoms with van der Waals surface area (Å²) in [4.78, 5) is 25.5. The Morgan fingerprint density at radius 1 is 0.978 bits per heavy atom. The van der Waals surface area contributed by atoms with Crippen LogP contribution in [0.3, 0.4) is 0 Å². The van der Waals surface area contributed by atoms with Crippen LogP contribution in [0.25, 0.3) is 0 Å². The number of morpholine rings is 1. The molecule has 0 amide bonds. The Labute approximate surface area is 274 Å². The molecule has 0 bridgehead atoms. The number of nitrogens with one attached hydrogen (secondary N) is 2. The average Bonchev–Trinajstić information content (AvgIpc) is 3.04.